The Morgan fingerprint density at radius 1 is 1.04 bits per heavy atom. The molecule has 0 radical (unpaired) electrons. The maximum atomic E-state index is 12.0. The standard InChI is InChI=1S/C23H27NO4/c1-27-21-12-11-18-14-17(8-10-19(18)15-21)9-13-23(26)28-16-22(25)24-20-6-4-2-3-5-7-20/h8-15,20H,2-7,16H2,1H3,(H,24,25)/b13-9+. The summed E-state index contributed by atoms with van der Waals surface area (Å²) < 4.78 is 10.3. The Hall–Kier alpha value is -2.82. The summed E-state index contributed by atoms with van der Waals surface area (Å²) in [4.78, 5) is 23.9. The Morgan fingerprint density at radius 3 is 2.50 bits per heavy atom. The first-order valence-corrected chi connectivity index (χ1v) is 9.86. The third-order valence-electron chi connectivity index (χ3n) is 5.05. The second-order valence-electron chi connectivity index (χ2n) is 7.17. The molecule has 0 aromatic heterocycles. The molecule has 1 aliphatic rings. The van der Waals surface area contributed by atoms with Crippen LogP contribution in [0.15, 0.2) is 42.5 Å². The van der Waals surface area contributed by atoms with Gasteiger partial charge < -0.3 is 14.8 Å². The second-order valence-corrected chi connectivity index (χ2v) is 7.17. The van der Waals surface area contributed by atoms with Crippen molar-refractivity contribution in [3.8, 4) is 5.75 Å². The van der Waals surface area contributed by atoms with E-state index in [2.05, 4.69) is 5.32 Å². The van der Waals surface area contributed by atoms with Crippen LogP contribution in [0.25, 0.3) is 16.8 Å². The molecule has 0 unspecified atom stereocenters. The number of carbonyl (C=O) groups excluding carboxylic acids is 2. The number of amides is 1. The van der Waals surface area contributed by atoms with Gasteiger partial charge in [-0.05, 0) is 53.5 Å². The van der Waals surface area contributed by atoms with E-state index in [1.54, 1.807) is 13.2 Å². The minimum Gasteiger partial charge on any atom is -0.497 e. The van der Waals surface area contributed by atoms with Gasteiger partial charge in [-0.15, -0.1) is 0 Å². The van der Waals surface area contributed by atoms with Gasteiger partial charge in [-0.25, -0.2) is 4.79 Å². The van der Waals surface area contributed by atoms with Crippen LogP contribution in [0.5, 0.6) is 5.75 Å². The SMILES string of the molecule is COc1ccc2cc(/C=C/C(=O)OCC(=O)NC3CCCCCC3)ccc2c1. The van der Waals surface area contributed by atoms with E-state index in [0.717, 1.165) is 47.8 Å². The molecule has 1 fully saturated rings. The Kier molecular flexibility index (Phi) is 7.06. The lowest BCUT2D eigenvalue weighted by molar-refractivity contribution is -0.144. The first kappa shape index (κ1) is 19.9. The van der Waals surface area contributed by atoms with Crippen molar-refractivity contribution in [2.45, 2.75) is 44.6 Å². The Labute approximate surface area is 165 Å². The molecular weight excluding hydrogens is 354 g/mol. The molecule has 28 heavy (non-hydrogen) atoms. The van der Waals surface area contributed by atoms with Crippen molar-refractivity contribution in [2.75, 3.05) is 13.7 Å². The minimum atomic E-state index is -0.522. The average Bonchev–Trinajstić information content (AvgIpc) is 2.98. The maximum Gasteiger partial charge on any atom is 0.331 e. The molecule has 5 heteroatoms. The highest BCUT2D eigenvalue weighted by atomic mass is 16.5. The summed E-state index contributed by atoms with van der Waals surface area (Å²) in [6.07, 6.45) is 9.81. The summed E-state index contributed by atoms with van der Waals surface area (Å²) in [6.45, 7) is -0.239. The van der Waals surface area contributed by atoms with E-state index >= 15 is 0 Å². The van der Waals surface area contributed by atoms with Gasteiger partial charge in [-0.2, -0.15) is 0 Å². The molecular formula is C23H27NO4. The Bertz CT molecular complexity index is 851. The molecule has 1 saturated carbocycles. The summed E-state index contributed by atoms with van der Waals surface area (Å²) >= 11 is 0. The lowest BCUT2D eigenvalue weighted by Crippen LogP contribution is -2.37. The zero-order valence-electron chi connectivity index (χ0n) is 16.3. The van der Waals surface area contributed by atoms with Gasteiger partial charge >= 0.3 is 5.97 Å². The van der Waals surface area contributed by atoms with Crippen LogP contribution >= 0.6 is 0 Å². The van der Waals surface area contributed by atoms with Gasteiger partial charge in [0.05, 0.1) is 7.11 Å². The number of nitrogens with one attached hydrogen (secondary N) is 1. The molecule has 0 saturated heterocycles. The molecule has 3 rings (SSSR count). The molecule has 0 atom stereocenters. The van der Waals surface area contributed by atoms with E-state index in [9.17, 15) is 9.59 Å². The first-order valence-electron chi connectivity index (χ1n) is 9.86. The molecule has 0 aliphatic heterocycles. The molecule has 5 nitrogen and oxygen atoms in total. The van der Waals surface area contributed by atoms with Crippen LogP contribution in [0.3, 0.4) is 0 Å². The summed E-state index contributed by atoms with van der Waals surface area (Å²) in [6, 6.07) is 11.9. The summed E-state index contributed by atoms with van der Waals surface area (Å²) in [7, 11) is 1.64. The number of esters is 1. The first-order chi connectivity index (χ1) is 13.6. The molecule has 1 aliphatic carbocycles. The van der Waals surface area contributed by atoms with Crippen molar-refractivity contribution in [3.05, 3.63) is 48.0 Å². The fourth-order valence-electron chi connectivity index (χ4n) is 3.52. The highest BCUT2D eigenvalue weighted by Gasteiger charge is 2.15. The Balaban J connectivity index is 1.49. The molecule has 148 valence electrons. The lowest BCUT2D eigenvalue weighted by atomic mass is 10.1. The molecule has 2 aromatic carbocycles. The minimum absolute atomic E-state index is 0.209. The van der Waals surface area contributed by atoms with Gasteiger partial charge in [0, 0.05) is 12.1 Å². The zero-order chi connectivity index (χ0) is 19.8. The molecule has 0 heterocycles. The van der Waals surface area contributed by atoms with E-state index in [0.29, 0.717) is 0 Å². The van der Waals surface area contributed by atoms with Gasteiger partial charge in [-0.1, -0.05) is 43.9 Å². The van der Waals surface area contributed by atoms with Gasteiger partial charge in [0.15, 0.2) is 6.61 Å². The second kappa shape index (κ2) is 9.93. The van der Waals surface area contributed by atoms with E-state index in [4.69, 9.17) is 9.47 Å². The number of rotatable bonds is 6. The topological polar surface area (TPSA) is 64.6 Å². The van der Waals surface area contributed by atoms with Crippen molar-refractivity contribution < 1.29 is 19.1 Å². The van der Waals surface area contributed by atoms with E-state index in [1.807, 2.05) is 36.4 Å². The van der Waals surface area contributed by atoms with Crippen molar-refractivity contribution >= 4 is 28.7 Å². The molecule has 1 amide bonds. The van der Waals surface area contributed by atoms with E-state index in [-0.39, 0.29) is 18.6 Å². The predicted molar refractivity (Wildman–Crippen MR) is 110 cm³/mol. The molecule has 1 N–H and O–H groups in total. The maximum absolute atomic E-state index is 12.0. The number of hydrogen-bond acceptors (Lipinski definition) is 4. The number of ether oxygens (including phenoxy) is 2. The number of fused-ring (bicyclic) bond motifs is 1. The van der Waals surface area contributed by atoms with Crippen LogP contribution in [0.1, 0.15) is 44.1 Å². The Morgan fingerprint density at radius 2 is 1.75 bits per heavy atom. The number of hydrogen-bond donors (Lipinski definition) is 1. The van der Waals surface area contributed by atoms with Gasteiger partial charge in [0.1, 0.15) is 5.75 Å². The van der Waals surface area contributed by atoms with Gasteiger partial charge in [-0.3, -0.25) is 4.79 Å². The third kappa shape index (κ3) is 5.84. The van der Waals surface area contributed by atoms with Gasteiger partial charge in [0.25, 0.3) is 5.91 Å². The van der Waals surface area contributed by atoms with E-state index in [1.165, 1.54) is 18.9 Å². The van der Waals surface area contributed by atoms with Crippen LogP contribution in [0, 0.1) is 0 Å². The van der Waals surface area contributed by atoms with Gasteiger partial charge in [0.2, 0.25) is 0 Å². The average molecular weight is 381 g/mol. The predicted octanol–water partition coefficient (Wildman–Crippen LogP) is 4.24. The largest absolute Gasteiger partial charge is 0.497 e. The van der Waals surface area contributed by atoms with Crippen LogP contribution in [0.4, 0.5) is 0 Å². The summed E-state index contributed by atoms with van der Waals surface area (Å²) in [5.41, 5.74) is 0.887. The van der Waals surface area contributed by atoms with Crippen molar-refractivity contribution in [1.29, 1.82) is 0 Å². The monoisotopic (exact) mass is 381 g/mol. The van der Waals surface area contributed by atoms with Crippen LogP contribution < -0.4 is 10.1 Å². The van der Waals surface area contributed by atoms with Crippen LogP contribution in [-0.2, 0) is 14.3 Å². The van der Waals surface area contributed by atoms with Crippen molar-refractivity contribution in [1.82, 2.24) is 5.32 Å². The number of carbonyl (C=O) groups is 2. The normalized spacial score (nSPS) is 15.3. The smallest absolute Gasteiger partial charge is 0.331 e. The molecule has 2 aromatic rings. The highest BCUT2D eigenvalue weighted by Crippen LogP contribution is 2.22. The van der Waals surface area contributed by atoms with Crippen molar-refractivity contribution in [2.24, 2.45) is 0 Å². The van der Waals surface area contributed by atoms with Crippen molar-refractivity contribution in [3.63, 3.8) is 0 Å². The fourth-order valence-corrected chi connectivity index (χ4v) is 3.52. The zero-order valence-corrected chi connectivity index (χ0v) is 16.3. The van der Waals surface area contributed by atoms with Crippen LogP contribution in [0.2, 0.25) is 0 Å². The molecule has 0 bridgehead atoms. The number of methoxy groups -OCH3 is 1. The lowest BCUT2D eigenvalue weighted by Gasteiger charge is -2.15. The summed E-state index contributed by atoms with van der Waals surface area (Å²) in [5.74, 6) is 0.0562. The quantitative estimate of drug-likeness (QED) is 0.462. The molecule has 0 spiro atoms. The van der Waals surface area contributed by atoms with E-state index < -0.39 is 5.97 Å². The summed E-state index contributed by atoms with van der Waals surface area (Å²) in [5, 5.41) is 5.09. The highest BCUT2D eigenvalue weighted by molar-refractivity contribution is 5.91. The fraction of sp³-hybridized carbons (Fsp3) is 0.391. The van der Waals surface area contributed by atoms with Crippen LogP contribution in [-0.4, -0.2) is 31.6 Å². The number of benzene rings is 2. The third-order valence-corrected chi connectivity index (χ3v) is 5.05.